The van der Waals surface area contributed by atoms with Crippen LogP contribution in [0.25, 0.3) is 93.3 Å². The average molecular weight is 912 g/mol. The van der Waals surface area contributed by atoms with Crippen molar-refractivity contribution in [1.82, 2.24) is 4.98 Å². The van der Waals surface area contributed by atoms with Crippen molar-refractivity contribution < 1.29 is 8.83 Å². The molecule has 10 aromatic carbocycles. The Morgan fingerprint density at radius 2 is 1.06 bits per heavy atom. The molecule has 13 aromatic rings. The molecule has 0 fully saturated rings. The van der Waals surface area contributed by atoms with E-state index < -0.39 is 0 Å². The first-order chi connectivity index (χ1) is 35.1. The molecular weight excluding hydrogens is 867 g/mol. The number of aromatic nitrogens is 1. The fraction of sp³-hybridized carbons (Fsp3) is 0.0606. The first kappa shape index (κ1) is 39.9. The number of rotatable bonds is 7. The summed E-state index contributed by atoms with van der Waals surface area (Å²) in [7, 11) is 0. The molecular formula is C66H45N3O2. The van der Waals surface area contributed by atoms with Crippen LogP contribution in [0.3, 0.4) is 0 Å². The zero-order valence-electron chi connectivity index (χ0n) is 38.7. The number of hydrogen-bond acceptors (Lipinski definition) is 4. The van der Waals surface area contributed by atoms with E-state index in [1.165, 1.54) is 38.4 Å². The molecule has 3 aromatic heterocycles. The number of benzene rings is 10. The molecule has 2 aliphatic carbocycles. The number of allylic oxidation sites excluding steroid dienone is 4. The third-order valence-electron chi connectivity index (χ3n) is 15.2. The van der Waals surface area contributed by atoms with E-state index >= 15 is 0 Å². The van der Waals surface area contributed by atoms with Crippen molar-refractivity contribution in [2.75, 3.05) is 9.80 Å². The van der Waals surface area contributed by atoms with E-state index in [1.54, 1.807) is 0 Å². The van der Waals surface area contributed by atoms with E-state index in [9.17, 15) is 0 Å². The van der Waals surface area contributed by atoms with Gasteiger partial charge < -0.3 is 23.6 Å². The Hall–Kier alpha value is -9.06. The summed E-state index contributed by atoms with van der Waals surface area (Å²) in [5, 5.41) is 11.5. The first-order valence-corrected chi connectivity index (χ1v) is 24.7. The summed E-state index contributed by atoms with van der Waals surface area (Å²) in [6, 6.07) is 72.2. The van der Waals surface area contributed by atoms with Gasteiger partial charge in [0.05, 0.1) is 0 Å². The topological polar surface area (TPSA) is 48.6 Å². The fourth-order valence-electron chi connectivity index (χ4n) is 11.9. The maximum Gasteiger partial charge on any atom is 0.137 e. The van der Waals surface area contributed by atoms with E-state index in [0.717, 1.165) is 107 Å². The third kappa shape index (κ3) is 6.47. The third-order valence-corrected chi connectivity index (χ3v) is 15.2. The van der Waals surface area contributed by atoms with Gasteiger partial charge in [-0.15, -0.1) is 0 Å². The van der Waals surface area contributed by atoms with E-state index in [2.05, 4.69) is 245 Å². The summed E-state index contributed by atoms with van der Waals surface area (Å²) in [6.07, 6.45) is 13.8. The van der Waals surface area contributed by atoms with Gasteiger partial charge in [-0.2, -0.15) is 0 Å². The van der Waals surface area contributed by atoms with Crippen LogP contribution in [0, 0.1) is 5.92 Å². The highest BCUT2D eigenvalue weighted by Crippen LogP contribution is 2.45. The van der Waals surface area contributed by atoms with Crippen LogP contribution >= 0.6 is 0 Å². The Balaban J connectivity index is 0.803. The summed E-state index contributed by atoms with van der Waals surface area (Å²) in [5.74, 6) is 0.821. The minimum absolute atomic E-state index is 0.385. The molecule has 15 rings (SSSR count). The number of para-hydroxylation sites is 2. The number of fused-ring (bicyclic) bond motifs is 13. The molecule has 1 N–H and O–H groups in total. The predicted octanol–water partition coefficient (Wildman–Crippen LogP) is 18.7. The summed E-state index contributed by atoms with van der Waals surface area (Å²) in [4.78, 5) is 8.55. The Kier molecular flexibility index (Phi) is 8.84. The minimum Gasteiger partial charge on any atom is -0.456 e. The Labute approximate surface area is 409 Å². The molecule has 0 radical (unpaired) electrons. The van der Waals surface area contributed by atoms with Gasteiger partial charge in [0.2, 0.25) is 0 Å². The highest BCUT2D eigenvalue weighted by Gasteiger charge is 2.28. The number of nitrogens with one attached hydrogen (secondary N) is 1. The van der Waals surface area contributed by atoms with Crippen molar-refractivity contribution in [3.05, 3.63) is 241 Å². The van der Waals surface area contributed by atoms with E-state index in [0.29, 0.717) is 11.8 Å². The number of nitrogens with zero attached hydrogens (tertiary/aromatic N) is 2. The van der Waals surface area contributed by atoms with Crippen LogP contribution in [0.4, 0.5) is 28.4 Å². The van der Waals surface area contributed by atoms with Gasteiger partial charge in [0.25, 0.3) is 0 Å². The van der Waals surface area contributed by atoms with Crippen molar-refractivity contribution in [3.8, 4) is 0 Å². The molecule has 0 amide bonds. The number of furan rings is 2. The minimum atomic E-state index is 0.385. The van der Waals surface area contributed by atoms with Gasteiger partial charge in [0, 0.05) is 83.6 Å². The fourth-order valence-corrected chi connectivity index (χ4v) is 11.9. The van der Waals surface area contributed by atoms with Crippen molar-refractivity contribution in [2.45, 2.75) is 18.8 Å². The standard InChI is InChI=1S/C66H45N3O2/c1-3-17-46(18-4-1)68(48-21-11-16-43(33-48)53-24-12-15-41-13-7-9-22-52(41)53)51-27-30-56-58-35-44-36-60-57(34-45(44)37-64(58)71-65(56)40-51)55-29-26-50(39-61(55)67-60)69(47-19-5-2-6-20-47)49-28-32-62-59(38-49)66-54-23-10-8-14-42(54)25-31-63(66)70-62/h1-15,17-23,25-40,43,53,67H,16,24H2. The number of H-pyrrole nitrogens is 1. The summed E-state index contributed by atoms with van der Waals surface area (Å²) in [5.41, 5.74) is 15.1. The van der Waals surface area contributed by atoms with Crippen LogP contribution in [0.2, 0.25) is 0 Å². The van der Waals surface area contributed by atoms with Gasteiger partial charge >= 0.3 is 0 Å². The van der Waals surface area contributed by atoms with Crippen LogP contribution in [-0.2, 0) is 0 Å². The summed E-state index contributed by atoms with van der Waals surface area (Å²) in [6.45, 7) is 0. The molecule has 3 heterocycles. The SMILES string of the molecule is C1=CC(N(c2ccccc2)c2ccc3c(c2)oc2cc4cc5c(cc4cc23)[nH]c2cc(N(c3ccccc3)c3ccc4oc6ccc7ccccc7c6c4c3)ccc25)=CC(C2CC=Cc3ccccc32)C1. The zero-order valence-corrected chi connectivity index (χ0v) is 38.7. The maximum atomic E-state index is 6.81. The molecule has 5 nitrogen and oxygen atoms in total. The van der Waals surface area contributed by atoms with Gasteiger partial charge in [-0.1, -0.05) is 121 Å². The second kappa shape index (κ2) is 15.7. The van der Waals surface area contributed by atoms with Crippen LogP contribution < -0.4 is 9.80 Å². The molecule has 0 bridgehead atoms. The lowest BCUT2D eigenvalue weighted by atomic mass is 9.76. The normalized spacial score (nSPS) is 15.7. The van der Waals surface area contributed by atoms with Crippen LogP contribution in [0.1, 0.15) is 29.9 Å². The lowest BCUT2D eigenvalue weighted by Gasteiger charge is -2.33. The maximum absolute atomic E-state index is 6.81. The van der Waals surface area contributed by atoms with Crippen molar-refractivity contribution in [3.63, 3.8) is 0 Å². The van der Waals surface area contributed by atoms with Crippen LogP contribution in [0.15, 0.2) is 239 Å². The molecule has 0 spiro atoms. The van der Waals surface area contributed by atoms with Crippen LogP contribution in [0.5, 0.6) is 0 Å². The van der Waals surface area contributed by atoms with Crippen molar-refractivity contribution in [2.24, 2.45) is 5.92 Å². The molecule has 2 aliphatic rings. The number of aromatic amines is 1. The van der Waals surface area contributed by atoms with E-state index in [1.807, 2.05) is 0 Å². The molecule has 0 aliphatic heterocycles. The van der Waals surface area contributed by atoms with Crippen LogP contribution in [-0.4, -0.2) is 4.98 Å². The first-order valence-electron chi connectivity index (χ1n) is 24.7. The Bertz CT molecular complexity index is 4380. The van der Waals surface area contributed by atoms with Crippen molar-refractivity contribution >= 4 is 122 Å². The van der Waals surface area contributed by atoms with E-state index in [4.69, 9.17) is 8.83 Å². The van der Waals surface area contributed by atoms with Crippen molar-refractivity contribution in [1.29, 1.82) is 0 Å². The zero-order chi connectivity index (χ0) is 46.6. The quantitative estimate of drug-likeness (QED) is 0.173. The highest BCUT2D eigenvalue weighted by atomic mass is 16.3. The smallest absolute Gasteiger partial charge is 0.137 e. The lowest BCUT2D eigenvalue weighted by Crippen LogP contribution is -2.21. The summed E-state index contributed by atoms with van der Waals surface area (Å²) >= 11 is 0. The molecule has 336 valence electrons. The Morgan fingerprint density at radius 3 is 1.94 bits per heavy atom. The van der Waals surface area contributed by atoms with Gasteiger partial charge in [0.15, 0.2) is 0 Å². The number of anilines is 5. The van der Waals surface area contributed by atoms with E-state index in [-0.39, 0.29) is 0 Å². The molecule has 0 saturated carbocycles. The van der Waals surface area contributed by atoms with Gasteiger partial charge in [-0.25, -0.2) is 0 Å². The molecule has 0 saturated heterocycles. The molecule has 71 heavy (non-hydrogen) atoms. The second-order valence-electron chi connectivity index (χ2n) is 19.3. The largest absolute Gasteiger partial charge is 0.456 e. The average Bonchev–Trinajstić information content (AvgIpc) is 4.10. The molecule has 2 atom stereocenters. The van der Waals surface area contributed by atoms with Gasteiger partial charge in [-0.05, 0) is 160 Å². The molecule has 5 heteroatoms. The monoisotopic (exact) mass is 911 g/mol. The van der Waals surface area contributed by atoms with Gasteiger partial charge in [0.1, 0.15) is 22.3 Å². The lowest BCUT2D eigenvalue weighted by molar-refractivity contribution is 0.505. The highest BCUT2D eigenvalue weighted by molar-refractivity contribution is 6.20. The van der Waals surface area contributed by atoms with Gasteiger partial charge in [-0.3, -0.25) is 0 Å². The summed E-state index contributed by atoms with van der Waals surface area (Å²) < 4.78 is 13.2. The molecule has 2 unspecified atom stereocenters. The predicted molar refractivity (Wildman–Crippen MR) is 297 cm³/mol. The second-order valence-corrected chi connectivity index (χ2v) is 19.3. The Morgan fingerprint density at radius 1 is 0.394 bits per heavy atom. The number of hydrogen-bond donors (Lipinski definition) is 1.